The Hall–Kier alpha value is -1.12. The third-order valence-corrected chi connectivity index (χ3v) is 8.88. The van der Waals surface area contributed by atoms with Crippen molar-refractivity contribution in [2.24, 2.45) is 0 Å². The molecule has 0 atom stereocenters. The number of anilines is 2. The van der Waals surface area contributed by atoms with Crippen molar-refractivity contribution in [3.05, 3.63) is 54.8 Å². The van der Waals surface area contributed by atoms with Gasteiger partial charge in [-0.15, -0.1) is 0 Å². The van der Waals surface area contributed by atoms with E-state index in [0.717, 1.165) is 24.6 Å². The average Bonchev–Trinajstić information content (AvgIpc) is 2.58. The Labute approximate surface area is 184 Å². The summed E-state index contributed by atoms with van der Waals surface area (Å²) in [6.07, 6.45) is 1.62. The van der Waals surface area contributed by atoms with Crippen LogP contribution in [0.2, 0.25) is 0 Å². The van der Waals surface area contributed by atoms with Gasteiger partial charge < -0.3 is 11.1 Å². The number of hydrogen-bond acceptors (Lipinski definition) is 4. The average molecular weight is 615 g/mol. The molecule has 0 saturated carbocycles. The van der Waals surface area contributed by atoms with Gasteiger partial charge in [-0.25, -0.2) is 22.0 Å². The molecule has 0 spiro atoms. The van der Waals surface area contributed by atoms with Crippen molar-refractivity contribution >= 4 is 72.3 Å². The molecule has 0 amide bonds. The number of fused-ring (bicyclic) bond motifs is 1. The molecule has 0 aliphatic carbocycles. The first-order valence-corrected chi connectivity index (χ1v) is 11.5. The lowest BCUT2D eigenvalue weighted by molar-refractivity contribution is 0.464. The van der Waals surface area contributed by atoms with Gasteiger partial charge in [-0.2, -0.15) is 0 Å². The first-order chi connectivity index (χ1) is 12.4. The second-order valence-corrected chi connectivity index (χ2v) is 10.5. The molecule has 27 heavy (non-hydrogen) atoms. The predicted octanol–water partition coefficient (Wildman–Crippen LogP) is 3.70. The Bertz CT molecular complexity index is 1060. The van der Waals surface area contributed by atoms with E-state index in [0.29, 0.717) is 11.4 Å². The van der Waals surface area contributed by atoms with E-state index in [1.165, 1.54) is 6.07 Å². The van der Waals surface area contributed by atoms with Crippen LogP contribution >= 0.6 is 45.2 Å². The zero-order chi connectivity index (χ0) is 20.1. The van der Waals surface area contributed by atoms with Gasteiger partial charge in [-0.3, -0.25) is 0 Å². The summed E-state index contributed by atoms with van der Waals surface area (Å²) in [6.45, 7) is 1.57. The maximum absolute atomic E-state index is 13.9. The Morgan fingerprint density at radius 3 is 2.52 bits per heavy atom. The SMILES string of the molecule is Cc1cc(S(=O)(=O)NC2=CNc3c(ccc(I)c3I)[N+]2(C)C)cc(F)c1N. The number of nitrogens with two attached hydrogens (primary N) is 1. The van der Waals surface area contributed by atoms with Gasteiger partial charge in [0.2, 0.25) is 5.82 Å². The van der Waals surface area contributed by atoms with Crippen LogP contribution in [-0.2, 0) is 10.0 Å². The molecular weight excluding hydrogens is 597 g/mol. The van der Waals surface area contributed by atoms with Crippen LogP contribution < -0.4 is 20.3 Å². The maximum Gasteiger partial charge on any atom is 0.265 e. The monoisotopic (exact) mass is 615 g/mol. The van der Waals surface area contributed by atoms with Gasteiger partial charge >= 0.3 is 0 Å². The molecule has 1 aliphatic heterocycles. The minimum Gasteiger partial charge on any atom is -0.396 e. The number of nitrogens with zero attached hydrogens (tertiary/aromatic N) is 1. The van der Waals surface area contributed by atoms with E-state index in [9.17, 15) is 12.8 Å². The molecule has 0 radical (unpaired) electrons. The first kappa shape index (κ1) is 20.6. The summed E-state index contributed by atoms with van der Waals surface area (Å²) in [6, 6.07) is 6.23. The zero-order valence-corrected chi connectivity index (χ0v) is 19.9. The first-order valence-electron chi connectivity index (χ1n) is 7.83. The molecule has 0 aromatic heterocycles. The fourth-order valence-electron chi connectivity index (χ4n) is 2.79. The van der Waals surface area contributed by atoms with Gasteiger partial charge in [0.15, 0.2) is 5.69 Å². The minimum atomic E-state index is -3.99. The van der Waals surface area contributed by atoms with Crippen LogP contribution in [0.5, 0.6) is 0 Å². The predicted molar refractivity (Wildman–Crippen MR) is 123 cm³/mol. The molecule has 0 bridgehead atoms. The molecule has 10 heteroatoms. The standard InChI is InChI=1S/C17H18FI2N4O2S/c1-9-6-10(7-11(18)16(9)21)27(25,26)23-14-8-22-17-13(24(14,2)3)5-4-12(19)15(17)20/h4-8,22-23H,21H2,1-3H3/q+1. The quantitative estimate of drug-likeness (QED) is 0.280. The van der Waals surface area contributed by atoms with E-state index in [1.54, 1.807) is 13.1 Å². The number of nitrogens with one attached hydrogen (secondary N) is 2. The Morgan fingerprint density at radius 2 is 1.89 bits per heavy atom. The molecule has 4 N–H and O–H groups in total. The number of benzene rings is 2. The topological polar surface area (TPSA) is 84.2 Å². The van der Waals surface area contributed by atoms with Crippen LogP contribution in [0.25, 0.3) is 0 Å². The lowest BCUT2D eigenvalue weighted by Gasteiger charge is -2.35. The molecule has 3 rings (SSSR count). The summed E-state index contributed by atoms with van der Waals surface area (Å²) in [5, 5.41) is 3.17. The molecule has 2 aromatic carbocycles. The van der Waals surface area contributed by atoms with E-state index in [4.69, 9.17) is 5.73 Å². The third kappa shape index (κ3) is 3.63. The van der Waals surface area contributed by atoms with Gasteiger partial charge in [0.1, 0.15) is 11.5 Å². The highest BCUT2D eigenvalue weighted by Crippen LogP contribution is 2.40. The van der Waals surface area contributed by atoms with Crippen LogP contribution in [-0.4, -0.2) is 22.5 Å². The molecule has 0 fully saturated rings. The maximum atomic E-state index is 13.9. The van der Waals surface area contributed by atoms with Crippen LogP contribution in [0.4, 0.5) is 21.5 Å². The molecule has 0 unspecified atom stereocenters. The van der Waals surface area contributed by atoms with E-state index in [2.05, 4.69) is 55.2 Å². The number of nitrogen functional groups attached to an aromatic ring is 1. The summed E-state index contributed by atoms with van der Waals surface area (Å²) < 4.78 is 44.5. The highest BCUT2D eigenvalue weighted by Gasteiger charge is 2.36. The van der Waals surface area contributed by atoms with E-state index < -0.39 is 15.8 Å². The highest BCUT2D eigenvalue weighted by atomic mass is 127. The van der Waals surface area contributed by atoms with Crippen molar-refractivity contribution in [3.8, 4) is 0 Å². The van der Waals surface area contributed by atoms with Crippen molar-refractivity contribution in [1.29, 1.82) is 0 Å². The van der Waals surface area contributed by atoms with Crippen molar-refractivity contribution in [1.82, 2.24) is 9.21 Å². The van der Waals surface area contributed by atoms with Crippen LogP contribution in [0.15, 0.2) is 41.2 Å². The fraction of sp³-hybridized carbons (Fsp3) is 0.176. The number of halogens is 3. The largest absolute Gasteiger partial charge is 0.396 e. The Kier molecular flexibility index (Phi) is 5.38. The van der Waals surface area contributed by atoms with Crippen molar-refractivity contribution in [2.75, 3.05) is 25.1 Å². The summed E-state index contributed by atoms with van der Waals surface area (Å²) in [5.41, 5.74) is 7.75. The van der Waals surface area contributed by atoms with Gasteiger partial charge in [0, 0.05) is 9.64 Å². The van der Waals surface area contributed by atoms with Gasteiger partial charge in [-0.1, -0.05) is 0 Å². The second kappa shape index (κ2) is 7.04. The molecule has 2 aromatic rings. The molecule has 0 saturated heterocycles. The van der Waals surface area contributed by atoms with E-state index >= 15 is 0 Å². The third-order valence-electron chi connectivity index (χ3n) is 4.49. The minimum absolute atomic E-state index is 0.0540. The van der Waals surface area contributed by atoms with Crippen molar-refractivity contribution < 1.29 is 12.8 Å². The summed E-state index contributed by atoms with van der Waals surface area (Å²) >= 11 is 4.51. The molecule has 1 aliphatic rings. The Balaban J connectivity index is 2.01. The number of hydrogen-bond donors (Lipinski definition) is 3. The van der Waals surface area contributed by atoms with Crippen LogP contribution in [0.1, 0.15) is 5.56 Å². The number of quaternary nitrogens is 1. The zero-order valence-electron chi connectivity index (χ0n) is 14.8. The van der Waals surface area contributed by atoms with E-state index in [-0.39, 0.29) is 15.1 Å². The number of rotatable bonds is 3. The van der Waals surface area contributed by atoms with Gasteiger partial charge in [0.25, 0.3) is 10.0 Å². The summed E-state index contributed by atoms with van der Waals surface area (Å²) in [5.74, 6) is -0.344. The number of aryl methyl sites for hydroxylation is 1. The van der Waals surface area contributed by atoms with E-state index in [1.807, 2.05) is 26.2 Å². The molecule has 144 valence electrons. The van der Waals surface area contributed by atoms with Gasteiger partial charge in [-0.05, 0) is 75.9 Å². The van der Waals surface area contributed by atoms with Crippen LogP contribution in [0, 0.1) is 19.9 Å². The molecule has 1 heterocycles. The Morgan fingerprint density at radius 1 is 1.22 bits per heavy atom. The van der Waals surface area contributed by atoms with Crippen molar-refractivity contribution in [2.45, 2.75) is 11.8 Å². The molecule has 6 nitrogen and oxygen atoms in total. The van der Waals surface area contributed by atoms with Gasteiger partial charge in [0.05, 0.1) is 34.4 Å². The summed E-state index contributed by atoms with van der Waals surface area (Å²) in [7, 11) is -0.225. The van der Waals surface area contributed by atoms with Crippen molar-refractivity contribution in [3.63, 3.8) is 0 Å². The fourth-order valence-corrected chi connectivity index (χ4v) is 5.13. The normalized spacial score (nSPS) is 15.6. The summed E-state index contributed by atoms with van der Waals surface area (Å²) in [4.78, 5) is -0.171. The lowest BCUT2D eigenvalue weighted by Crippen LogP contribution is -2.49. The second-order valence-electron chi connectivity index (χ2n) is 6.62. The highest BCUT2D eigenvalue weighted by molar-refractivity contribution is 14.1. The van der Waals surface area contributed by atoms with Crippen LogP contribution in [0.3, 0.4) is 0 Å². The lowest BCUT2D eigenvalue weighted by atomic mass is 10.2. The smallest absolute Gasteiger partial charge is 0.265 e. The molecular formula is C17H18FI2N4O2S+. The number of sulfonamides is 1.